The van der Waals surface area contributed by atoms with Crippen LogP contribution in [0.3, 0.4) is 0 Å². The number of carbonyl (C=O) groups excluding carboxylic acids is 1. The highest BCUT2D eigenvalue weighted by molar-refractivity contribution is 9.10. The van der Waals surface area contributed by atoms with Crippen LogP contribution in [0.5, 0.6) is 0 Å². The SMILES string of the molecule is O=C(Nc1ccc(F)cc1)c1cc(F)ccc1Br. The van der Waals surface area contributed by atoms with Gasteiger partial charge in [-0.05, 0) is 58.4 Å². The van der Waals surface area contributed by atoms with E-state index in [0.717, 1.165) is 6.07 Å². The second-order valence-electron chi connectivity index (χ2n) is 3.59. The number of hydrogen-bond donors (Lipinski definition) is 1. The molecule has 0 atom stereocenters. The van der Waals surface area contributed by atoms with Gasteiger partial charge in [-0.15, -0.1) is 0 Å². The third-order valence-electron chi connectivity index (χ3n) is 2.28. The smallest absolute Gasteiger partial charge is 0.256 e. The first-order valence-corrected chi connectivity index (χ1v) is 5.87. The van der Waals surface area contributed by atoms with E-state index in [-0.39, 0.29) is 11.4 Å². The fourth-order valence-corrected chi connectivity index (χ4v) is 1.83. The molecule has 2 rings (SSSR count). The summed E-state index contributed by atoms with van der Waals surface area (Å²) in [6.07, 6.45) is 0. The van der Waals surface area contributed by atoms with E-state index in [1.807, 2.05) is 0 Å². The van der Waals surface area contributed by atoms with Crippen molar-refractivity contribution in [1.82, 2.24) is 0 Å². The van der Waals surface area contributed by atoms with Crippen molar-refractivity contribution in [2.24, 2.45) is 0 Å². The lowest BCUT2D eigenvalue weighted by molar-refractivity contribution is 0.102. The standard InChI is InChI=1S/C13H8BrF2NO/c14-12-6-3-9(16)7-11(12)13(18)17-10-4-1-8(15)2-5-10/h1-7H,(H,17,18). The number of carbonyl (C=O) groups is 1. The second-order valence-corrected chi connectivity index (χ2v) is 4.44. The zero-order valence-corrected chi connectivity index (χ0v) is 10.7. The van der Waals surface area contributed by atoms with Gasteiger partial charge in [-0.2, -0.15) is 0 Å². The Labute approximate surface area is 111 Å². The third kappa shape index (κ3) is 2.92. The zero-order valence-electron chi connectivity index (χ0n) is 9.08. The van der Waals surface area contributed by atoms with Crippen molar-refractivity contribution in [3.8, 4) is 0 Å². The van der Waals surface area contributed by atoms with E-state index in [9.17, 15) is 13.6 Å². The van der Waals surface area contributed by atoms with Crippen molar-refractivity contribution in [3.63, 3.8) is 0 Å². The minimum absolute atomic E-state index is 0.180. The summed E-state index contributed by atoms with van der Waals surface area (Å²) in [5.41, 5.74) is 0.622. The Morgan fingerprint density at radius 2 is 1.61 bits per heavy atom. The predicted octanol–water partition coefficient (Wildman–Crippen LogP) is 3.98. The average molecular weight is 312 g/mol. The Bertz CT molecular complexity index is 584. The summed E-state index contributed by atoms with van der Waals surface area (Å²) in [5.74, 6) is -1.35. The van der Waals surface area contributed by atoms with Crippen molar-refractivity contribution < 1.29 is 13.6 Å². The Balaban J connectivity index is 2.21. The summed E-state index contributed by atoms with van der Waals surface area (Å²) in [6.45, 7) is 0. The van der Waals surface area contributed by atoms with Crippen LogP contribution < -0.4 is 5.32 Å². The van der Waals surface area contributed by atoms with Gasteiger partial charge in [0.1, 0.15) is 11.6 Å². The van der Waals surface area contributed by atoms with Crippen molar-refractivity contribution in [2.45, 2.75) is 0 Å². The molecule has 2 nitrogen and oxygen atoms in total. The van der Waals surface area contributed by atoms with E-state index in [1.54, 1.807) is 0 Å². The van der Waals surface area contributed by atoms with Crippen LogP contribution in [0.4, 0.5) is 14.5 Å². The number of anilines is 1. The Hall–Kier alpha value is -1.75. The maximum atomic E-state index is 13.0. The Kier molecular flexibility index (Phi) is 3.72. The Morgan fingerprint density at radius 1 is 1.00 bits per heavy atom. The summed E-state index contributed by atoms with van der Waals surface area (Å²) in [6, 6.07) is 9.16. The fraction of sp³-hybridized carbons (Fsp3) is 0. The molecule has 0 aliphatic carbocycles. The Morgan fingerprint density at radius 3 is 2.28 bits per heavy atom. The molecule has 0 radical (unpaired) electrons. The maximum absolute atomic E-state index is 13.0. The highest BCUT2D eigenvalue weighted by atomic mass is 79.9. The second kappa shape index (κ2) is 5.27. The molecule has 5 heteroatoms. The molecule has 0 saturated heterocycles. The molecule has 0 spiro atoms. The van der Waals surface area contributed by atoms with Crippen LogP contribution in [0.1, 0.15) is 10.4 Å². The molecule has 2 aromatic rings. The predicted molar refractivity (Wildman–Crippen MR) is 68.5 cm³/mol. The lowest BCUT2D eigenvalue weighted by Crippen LogP contribution is -2.12. The normalized spacial score (nSPS) is 10.2. The van der Waals surface area contributed by atoms with Gasteiger partial charge >= 0.3 is 0 Å². The average Bonchev–Trinajstić information content (AvgIpc) is 2.35. The lowest BCUT2D eigenvalue weighted by Gasteiger charge is -2.07. The van der Waals surface area contributed by atoms with E-state index < -0.39 is 11.7 Å². The molecule has 0 unspecified atom stereocenters. The van der Waals surface area contributed by atoms with Gasteiger partial charge < -0.3 is 5.32 Å². The van der Waals surface area contributed by atoms with Gasteiger partial charge in [-0.1, -0.05) is 0 Å². The van der Waals surface area contributed by atoms with E-state index in [1.165, 1.54) is 36.4 Å². The first-order valence-electron chi connectivity index (χ1n) is 5.08. The molecule has 0 aliphatic rings. The monoisotopic (exact) mass is 311 g/mol. The number of nitrogens with one attached hydrogen (secondary N) is 1. The molecular weight excluding hydrogens is 304 g/mol. The summed E-state index contributed by atoms with van der Waals surface area (Å²) in [4.78, 5) is 11.9. The molecule has 0 bridgehead atoms. The third-order valence-corrected chi connectivity index (χ3v) is 2.97. The van der Waals surface area contributed by atoms with E-state index in [2.05, 4.69) is 21.2 Å². The minimum atomic E-state index is -0.498. The van der Waals surface area contributed by atoms with Crippen molar-refractivity contribution in [3.05, 3.63) is 64.1 Å². The van der Waals surface area contributed by atoms with Gasteiger partial charge in [-0.25, -0.2) is 8.78 Å². The van der Waals surface area contributed by atoms with E-state index in [4.69, 9.17) is 0 Å². The van der Waals surface area contributed by atoms with Gasteiger partial charge in [0.25, 0.3) is 5.91 Å². The van der Waals surface area contributed by atoms with Crippen molar-refractivity contribution in [2.75, 3.05) is 5.32 Å². The summed E-state index contributed by atoms with van der Waals surface area (Å²) in [5, 5.41) is 2.55. The van der Waals surface area contributed by atoms with Gasteiger partial charge in [0.15, 0.2) is 0 Å². The molecule has 0 heterocycles. The largest absolute Gasteiger partial charge is 0.322 e. The quantitative estimate of drug-likeness (QED) is 0.893. The molecule has 0 fully saturated rings. The molecule has 0 aliphatic heterocycles. The van der Waals surface area contributed by atoms with Crippen LogP contribution in [-0.4, -0.2) is 5.91 Å². The lowest BCUT2D eigenvalue weighted by atomic mass is 10.2. The summed E-state index contributed by atoms with van der Waals surface area (Å²) in [7, 11) is 0. The van der Waals surface area contributed by atoms with Crippen LogP contribution >= 0.6 is 15.9 Å². The summed E-state index contributed by atoms with van der Waals surface area (Å²) >= 11 is 3.17. The number of benzene rings is 2. The highest BCUT2D eigenvalue weighted by Gasteiger charge is 2.11. The molecule has 1 amide bonds. The highest BCUT2D eigenvalue weighted by Crippen LogP contribution is 2.19. The molecule has 1 N–H and O–H groups in total. The topological polar surface area (TPSA) is 29.1 Å². The van der Waals surface area contributed by atoms with Crippen molar-refractivity contribution in [1.29, 1.82) is 0 Å². The number of rotatable bonds is 2. The maximum Gasteiger partial charge on any atom is 0.256 e. The molecule has 0 saturated carbocycles. The first-order chi connectivity index (χ1) is 8.56. The van der Waals surface area contributed by atoms with Crippen LogP contribution in [0.2, 0.25) is 0 Å². The number of halogens is 3. The van der Waals surface area contributed by atoms with Gasteiger partial charge in [0.2, 0.25) is 0 Å². The van der Waals surface area contributed by atoms with Gasteiger partial charge in [-0.3, -0.25) is 4.79 Å². The fourth-order valence-electron chi connectivity index (χ4n) is 1.40. The minimum Gasteiger partial charge on any atom is -0.322 e. The number of amides is 1. The molecule has 92 valence electrons. The van der Waals surface area contributed by atoms with Crippen molar-refractivity contribution >= 4 is 27.5 Å². The zero-order chi connectivity index (χ0) is 13.1. The van der Waals surface area contributed by atoms with Gasteiger partial charge in [0.05, 0.1) is 5.56 Å². The van der Waals surface area contributed by atoms with Crippen LogP contribution in [0.15, 0.2) is 46.9 Å². The number of hydrogen-bond acceptors (Lipinski definition) is 1. The van der Waals surface area contributed by atoms with Crippen LogP contribution in [-0.2, 0) is 0 Å². The molecule has 0 aromatic heterocycles. The molecule has 18 heavy (non-hydrogen) atoms. The van der Waals surface area contributed by atoms with E-state index >= 15 is 0 Å². The van der Waals surface area contributed by atoms with Gasteiger partial charge in [0, 0.05) is 10.2 Å². The van der Waals surface area contributed by atoms with E-state index in [0.29, 0.717) is 10.2 Å². The molecule has 2 aromatic carbocycles. The molecular formula is C13H8BrF2NO. The van der Waals surface area contributed by atoms with Crippen LogP contribution in [0, 0.1) is 11.6 Å². The first kappa shape index (κ1) is 12.7. The summed E-state index contributed by atoms with van der Waals surface area (Å²) < 4.78 is 26.2. The van der Waals surface area contributed by atoms with Crippen LogP contribution in [0.25, 0.3) is 0 Å².